The van der Waals surface area contributed by atoms with Crippen LogP contribution in [-0.4, -0.2) is 4.98 Å². The molecule has 6 aromatic carbocycles. The lowest BCUT2D eigenvalue weighted by atomic mass is 9.74. The van der Waals surface area contributed by atoms with Crippen LogP contribution in [0.25, 0.3) is 54.9 Å². The molecule has 43 heavy (non-hydrogen) atoms. The van der Waals surface area contributed by atoms with Crippen LogP contribution in [0.1, 0.15) is 28.2 Å². The first kappa shape index (κ1) is 25.2. The number of hydrogen-bond acceptors (Lipinski definition) is 1. The highest BCUT2D eigenvalue weighted by atomic mass is 14.6. The fraction of sp³-hybridized carbons (Fsp3) is 0.0238. The summed E-state index contributed by atoms with van der Waals surface area (Å²) in [5.41, 5.74) is 12.1. The van der Waals surface area contributed by atoms with Crippen molar-refractivity contribution in [3.05, 3.63) is 187 Å². The Morgan fingerprint density at radius 1 is 0.488 bits per heavy atom. The summed E-state index contributed by atoms with van der Waals surface area (Å²) in [6, 6.07) is 50.1. The monoisotopic (exact) mass is 547 g/mol. The molecule has 1 aliphatic carbocycles. The third-order valence-electron chi connectivity index (χ3n) is 8.78. The molecular weight excluding hydrogens is 518 g/mol. The quantitative estimate of drug-likeness (QED) is 0.214. The van der Waals surface area contributed by atoms with Crippen molar-refractivity contribution < 1.29 is 0 Å². The van der Waals surface area contributed by atoms with Gasteiger partial charge < -0.3 is 0 Å². The predicted octanol–water partition coefficient (Wildman–Crippen LogP) is 11.0. The lowest BCUT2D eigenvalue weighted by Gasteiger charge is -2.29. The van der Waals surface area contributed by atoms with Gasteiger partial charge in [-0.1, -0.05) is 152 Å². The summed E-state index contributed by atoms with van der Waals surface area (Å²) in [7, 11) is 0. The van der Waals surface area contributed by atoms with Gasteiger partial charge in [0.2, 0.25) is 0 Å². The summed E-state index contributed by atoms with van der Waals surface area (Å²) < 4.78 is 0. The van der Waals surface area contributed by atoms with E-state index in [4.69, 9.17) is 0 Å². The molecule has 0 spiro atoms. The molecule has 0 radical (unpaired) electrons. The van der Waals surface area contributed by atoms with E-state index in [-0.39, 0.29) is 5.92 Å². The summed E-state index contributed by atoms with van der Waals surface area (Å²) in [4.78, 5) is 4.49. The van der Waals surface area contributed by atoms with E-state index in [1.54, 1.807) is 0 Å². The Balaban J connectivity index is 1.20. The summed E-state index contributed by atoms with van der Waals surface area (Å²) in [6.07, 6.45) is 6.31. The topological polar surface area (TPSA) is 12.9 Å². The van der Waals surface area contributed by atoms with E-state index in [2.05, 4.69) is 157 Å². The molecule has 0 N–H and O–H groups in total. The number of aromatic nitrogens is 1. The standard InChI is InChI=1S/C42H29N/c1-28-36-23-22-31-12-5-8-17-38(31)42(36)40(30-10-3-2-4-11-30)25-39(28)34-15-9-14-33(24-34)29-18-20-32(21-19-29)41-27-43-26-35-13-6-7-16-37(35)41/h2-27,39H,1H2. The van der Waals surface area contributed by atoms with Crippen molar-refractivity contribution in [1.82, 2.24) is 4.98 Å². The molecule has 1 nitrogen and oxygen atoms in total. The summed E-state index contributed by atoms with van der Waals surface area (Å²) in [6.45, 7) is 4.67. The number of fused-ring (bicyclic) bond motifs is 4. The second-order valence-corrected chi connectivity index (χ2v) is 11.3. The van der Waals surface area contributed by atoms with Crippen LogP contribution < -0.4 is 0 Å². The Labute approximate surface area is 252 Å². The van der Waals surface area contributed by atoms with E-state index >= 15 is 0 Å². The van der Waals surface area contributed by atoms with Crippen molar-refractivity contribution in [3.63, 3.8) is 0 Å². The molecule has 1 unspecified atom stereocenters. The zero-order valence-electron chi connectivity index (χ0n) is 23.7. The Morgan fingerprint density at radius 3 is 2.02 bits per heavy atom. The third-order valence-corrected chi connectivity index (χ3v) is 8.78. The SMILES string of the molecule is C=C1c2ccc3ccccc3c2C(c2ccccc2)=CC1c1cccc(-c2ccc(-c3cncc4ccccc34)cc2)c1. The van der Waals surface area contributed by atoms with E-state index in [0.29, 0.717) is 0 Å². The smallest absolute Gasteiger partial charge is 0.0352 e. The van der Waals surface area contributed by atoms with Gasteiger partial charge in [0, 0.05) is 29.3 Å². The van der Waals surface area contributed by atoms with Crippen molar-refractivity contribution in [1.29, 1.82) is 0 Å². The second-order valence-electron chi connectivity index (χ2n) is 11.3. The highest BCUT2D eigenvalue weighted by Gasteiger charge is 2.27. The predicted molar refractivity (Wildman–Crippen MR) is 182 cm³/mol. The highest BCUT2D eigenvalue weighted by molar-refractivity contribution is 6.05. The van der Waals surface area contributed by atoms with Crippen molar-refractivity contribution >= 4 is 32.7 Å². The Bertz CT molecular complexity index is 2180. The molecule has 0 aliphatic heterocycles. The average molecular weight is 548 g/mol. The minimum absolute atomic E-state index is 0.0739. The summed E-state index contributed by atoms with van der Waals surface area (Å²) in [5.74, 6) is 0.0739. The van der Waals surface area contributed by atoms with Gasteiger partial charge in [-0.3, -0.25) is 4.98 Å². The number of allylic oxidation sites excluding steroid dienone is 2. The minimum atomic E-state index is 0.0739. The first-order chi connectivity index (χ1) is 21.2. The van der Waals surface area contributed by atoms with E-state index in [0.717, 1.165) is 16.5 Å². The van der Waals surface area contributed by atoms with Crippen LogP contribution in [0, 0.1) is 0 Å². The normalized spacial score (nSPS) is 14.5. The zero-order valence-corrected chi connectivity index (χ0v) is 23.7. The molecule has 0 amide bonds. The van der Waals surface area contributed by atoms with Crippen LogP contribution in [0.5, 0.6) is 0 Å². The van der Waals surface area contributed by atoms with Crippen molar-refractivity contribution in [2.45, 2.75) is 5.92 Å². The molecule has 0 saturated heterocycles. The lowest BCUT2D eigenvalue weighted by molar-refractivity contribution is 1.09. The van der Waals surface area contributed by atoms with Gasteiger partial charge in [-0.25, -0.2) is 0 Å². The van der Waals surface area contributed by atoms with E-state index in [9.17, 15) is 0 Å². The maximum atomic E-state index is 4.67. The second kappa shape index (κ2) is 10.4. The fourth-order valence-electron chi connectivity index (χ4n) is 6.60. The van der Waals surface area contributed by atoms with Crippen LogP contribution in [-0.2, 0) is 0 Å². The first-order valence-electron chi connectivity index (χ1n) is 14.8. The van der Waals surface area contributed by atoms with Gasteiger partial charge in [-0.05, 0) is 66.2 Å². The molecule has 1 aromatic heterocycles. The van der Waals surface area contributed by atoms with Gasteiger partial charge >= 0.3 is 0 Å². The maximum Gasteiger partial charge on any atom is 0.0352 e. The molecule has 7 aromatic rings. The fourth-order valence-corrected chi connectivity index (χ4v) is 6.60. The van der Waals surface area contributed by atoms with Gasteiger partial charge in [0.25, 0.3) is 0 Å². The van der Waals surface area contributed by atoms with Crippen LogP contribution >= 0.6 is 0 Å². The van der Waals surface area contributed by atoms with Gasteiger partial charge in [-0.2, -0.15) is 0 Å². The Kier molecular flexibility index (Phi) is 6.09. The lowest BCUT2D eigenvalue weighted by Crippen LogP contribution is -2.09. The van der Waals surface area contributed by atoms with Crippen LogP contribution in [0.3, 0.4) is 0 Å². The molecule has 8 rings (SSSR count). The Morgan fingerprint density at radius 2 is 1.19 bits per heavy atom. The number of nitrogens with zero attached hydrogens (tertiary/aromatic N) is 1. The van der Waals surface area contributed by atoms with E-state index < -0.39 is 0 Å². The molecule has 0 saturated carbocycles. The molecule has 0 bridgehead atoms. The molecule has 1 atom stereocenters. The first-order valence-corrected chi connectivity index (χ1v) is 14.8. The van der Waals surface area contributed by atoms with Gasteiger partial charge in [-0.15, -0.1) is 0 Å². The van der Waals surface area contributed by atoms with Gasteiger partial charge in [0.1, 0.15) is 0 Å². The molecule has 0 fully saturated rings. The molecule has 1 heteroatoms. The van der Waals surface area contributed by atoms with Gasteiger partial charge in [0.15, 0.2) is 0 Å². The van der Waals surface area contributed by atoms with Crippen molar-refractivity contribution in [3.8, 4) is 22.3 Å². The number of hydrogen-bond donors (Lipinski definition) is 0. The summed E-state index contributed by atoms with van der Waals surface area (Å²) in [5, 5.41) is 4.89. The number of benzene rings is 6. The molecular formula is C42H29N. The van der Waals surface area contributed by atoms with Crippen LogP contribution in [0.2, 0.25) is 0 Å². The number of rotatable bonds is 4. The molecule has 1 heterocycles. The Hall–Kier alpha value is -5.53. The minimum Gasteiger partial charge on any atom is -0.263 e. The van der Waals surface area contributed by atoms with Crippen LogP contribution in [0.15, 0.2) is 165 Å². The van der Waals surface area contributed by atoms with E-state index in [1.165, 1.54) is 60.7 Å². The summed E-state index contributed by atoms with van der Waals surface area (Å²) >= 11 is 0. The molecule has 1 aliphatic rings. The number of pyridine rings is 1. The van der Waals surface area contributed by atoms with Crippen molar-refractivity contribution in [2.75, 3.05) is 0 Å². The molecule has 202 valence electrons. The largest absolute Gasteiger partial charge is 0.263 e. The van der Waals surface area contributed by atoms with Gasteiger partial charge in [0.05, 0.1) is 0 Å². The van der Waals surface area contributed by atoms with Crippen LogP contribution in [0.4, 0.5) is 0 Å². The average Bonchev–Trinajstić information content (AvgIpc) is 3.08. The van der Waals surface area contributed by atoms with Crippen molar-refractivity contribution in [2.24, 2.45) is 0 Å². The zero-order chi connectivity index (χ0) is 28.8. The maximum absolute atomic E-state index is 4.67. The third kappa shape index (κ3) is 4.38. The highest BCUT2D eigenvalue weighted by Crippen LogP contribution is 2.47. The van der Waals surface area contributed by atoms with E-state index in [1.807, 2.05) is 12.4 Å².